The number of ether oxygens (including phenoxy) is 1. The Morgan fingerprint density at radius 3 is 2.71 bits per heavy atom. The number of nitrogens with zero attached hydrogens (tertiary/aromatic N) is 1. The van der Waals surface area contributed by atoms with Crippen LogP contribution in [0.15, 0.2) is 0 Å². The third kappa shape index (κ3) is 4.18. The highest BCUT2D eigenvalue weighted by atomic mass is 19.4. The summed E-state index contributed by atoms with van der Waals surface area (Å²) in [5.74, 6) is -0.404. The molecule has 17 heavy (non-hydrogen) atoms. The summed E-state index contributed by atoms with van der Waals surface area (Å²) < 4.78 is 41.8. The number of hydrogen-bond acceptors (Lipinski definition) is 3. The number of hydrogen-bond donors (Lipinski definition) is 0. The summed E-state index contributed by atoms with van der Waals surface area (Å²) in [7, 11) is 0. The van der Waals surface area contributed by atoms with Crippen LogP contribution in [0.1, 0.15) is 33.1 Å². The van der Waals surface area contributed by atoms with Crippen LogP contribution in [0, 0.1) is 0 Å². The second-order valence-electron chi connectivity index (χ2n) is 4.32. The minimum absolute atomic E-state index is 0.261. The van der Waals surface area contributed by atoms with Gasteiger partial charge in [0.1, 0.15) is 6.04 Å². The Morgan fingerprint density at radius 1 is 1.53 bits per heavy atom. The quantitative estimate of drug-likeness (QED) is 0.720. The molecule has 1 heterocycles. The van der Waals surface area contributed by atoms with Crippen molar-refractivity contribution in [1.29, 1.82) is 0 Å². The number of alkyl halides is 3. The summed E-state index contributed by atoms with van der Waals surface area (Å²) in [6.45, 7) is 3.99. The molecule has 0 saturated carbocycles. The second kappa shape index (κ2) is 5.71. The molecule has 1 rings (SSSR count). The van der Waals surface area contributed by atoms with E-state index in [0.717, 1.165) is 6.42 Å². The molecule has 2 unspecified atom stereocenters. The van der Waals surface area contributed by atoms with Gasteiger partial charge < -0.3 is 4.74 Å². The molecule has 0 radical (unpaired) electrons. The lowest BCUT2D eigenvalue weighted by molar-refractivity contribution is -0.157. The van der Waals surface area contributed by atoms with Gasteiger partial charge in [-0.25, -0.2) is 0 Å². The maximum absolute atomic E-state index is 12.3. The Bertz CT molecular complexity index is 268. The lowest BCUT2D eigenvalue weighted by atomic mass is 10.1. The van der Waals surface area contributed by atoms with Crippen molar-refractivity contribution in [3.63, 3.8) is 0 Å². The first-order valence-corrected chi connectivity index (χ1v) is 5.84. The third-order valence-electron chi connectivity index (χ3n) is 2.95. The molecule has 0 aromatic carbocycles. The van der Waals surface area contributed by atoms with Gasteiger partial charge in [0.2, 0.25) is 0 Å². The molecule has 1 saturated heterocycles. The lowest BCUT2D eigenvalue weighted by Gasteiger charge is -2.29. The normalized spacial score (nSPS) is 23.7. The number of halogens is 3. The molecule has 2 atom stereocenters. The second-order valence-corrected chi connectivity index (χ2v) is 4.32. The molecule has 0 spiro atoms. The number of esters is 1. The van der Waals surface area contributed by atoms with Gasteiger partial charge in [-0.05, 0) is 33.2 Å². The van der Waals surface area contributed by atoms with E-state index in [1.165, 1.54) is 6.92 Å². The highest BCUT2D eigenvalue weighted by Crippen LogP contribution is 2.28. The van der Waals surface area contributed by atoms with Crippen LogP contribution in [-0.2, 0) is 9.53 Å². The molecule has 6 heteroatoms. The predicted molar refractivity (Wildman–Crippen MR) is 56.5 cm³/mol. The van der Waals surface area contributed by atoms with Gasteiger partial charge in [0.25, 0.3) is 0 Å². The van der Waals surface area contributed by atoms with Gasteiger partial charge in [0.05, 0.1) is 13.0 Å². The van der Waals surface area contributed by atoms with Gasteiger partial charge >= 0.3 is 12.1 Å². The Morgan fingerprint density at radius 2 is 2.18 bits per heavy atom. The van der Waals surface area contributed by atoms with Crippen molar-refractivity contribution in [2.75, 3.05) is 13.2 Å². The molecule has 0 N–H and O–H groups in total. The van der Waals surface area contributed by atoms with Crippen molar-refractivity contribution in [3.8, 4) is 0 Å². The summed E-state index contributed by atoms with van der Waals surface area (Å²) in [5, 5.41) is 0. The average Bonchev–Trinajstić information content (AvgIpc) is 2.63. The van der Waals surface area contributed by atoms with Crippen molar-refractivity contribution < 1.29 is 22.7 Å². The first-order valence-electron chi connectivity index (χ1n) is 5.84. The van der Waals surface area contributed by atoms with Crippen LogP contribution < -0.4 is 0 Å². The van der Waals surface area contributed by atoms with Gasteiger partial charge in [-0.1, -0.05) is 0 Å². The van der Waals surface area contributed by atoms with Crippen LogP contribution in [-0.4, -0.2) is 42.3 Å². The van der Waals surface area contributed by atoms with Crippen LogP contribution in [0.25, 0.3) is 0 Å². The maximum Gasteiger partial charge on any atom is 0.390 e. The molecule has 1 aliphatic rings. The molecule has 1 fully saturated rings. The molecule has 0 aliphatic carbocycles. The fourth-order valence-electron chi connectivity index (χ4n) is 2.26. The largest absolute Gasteiger partial charge is 0.465 e. The highest BCUT2D eigenvalue weighted by Gasteiger charge is 2.39. The van der Waals surface area contributed by atoms with Crippen LogP contribution >= 0.6 is 0 Å². The van der Waals surface area contributed by atoms with Crippen molar-refractivity contribution in [2.24, 2.45) is 0 Å². The Hall–Kier alpha value is -0.780. The Kier molecular flexibility index (Phi) is 4.80. The molecule has 0 aromatic heterocycles. The van der Waals surface area contributed by atoms with E-state index in [9.17, 15) is 18.0 Å². The predicted octanol–water partition coefficient (Wildman–Crippen LogP) is 2.35. The van der Waals surface area contributed by atoms with E-state index in [-0.39, 0.29) is 6.61 Å². The number of likely N-dealkylation sites (tertiary alicyclic amines) is 1. The van der Waals surface area contributed by atoms with E-state index in [4.69, 9.17) is 4.74 Å². The summed E-state index contributed by atoms with van der Waals surface area (Å²) in [5.41, 5.74) is 0. The number of rotatable bonds is 4. The van der Waals surface area contributed by atoms with Crippen LogP contribution in [0.3, 0.4) is 0 Å². The Labute approximate surface area is 98.9 Å². The van der Waals surface area contributed by atoms with Gasteiger partial charge in [-0.3, -0.25) is 9.69 Å². The fourth-order valence-corrected chi connectivity index (χ4v) is 2.26. The summed E-state index contributed by atoms with van der Waals surface area (Å²) in [6.07, 6.45) is -3.75. The van der Waals surface area contributed by atoms with E-state index in [1.54, 1.807) is 11.8 Å². The molecule has 0 bridgehead atoms. The molecular formula is C11H18F3NO2. The molecule has 100 valence electrons. The van der Waals surface area contributed by atoms with Crippen LogP contribution in [0.5, 0.6) is 0 Å². The van der Waals surface area contributed by atoms with Gasteiger partial charge in [0, 0.05) is 6.04 Å². The van der Waals surface area contributed by atoms with E-state index in [0.29, 0.717) is 13.0 Å². The zero-order valence-electron chi connectivity index (χ0n) is 10.1. The van der Waals surface area contributed by atoms with E-state index in [1.807, 2.05) is 0 Å². The smallest absolute Gasteiger partial charge is 0.390 e. The van der Waals surface area contributed by atoms with E-state index >= 15 is 0 Å². The van der Waals surface area contributed by atoms with Gasteiger partial charge in [-0.2, -0.15) is 13.2 Å². The average molecular weight is 253 g/mol. The SMILES string of the molecule is CCOC(=O)C1CCCN1C(C)CC(F)(F)F. The standard InChI is InChI=1S/C11H18F3NO2/c1-3-17-10(16)9-5-4-6-15(9)8(2)7-11(12,13)14/h8-9H,3-7H2,1-2H3. The zero-order chi connectivity index (χ0) is 13.1. The van der Waals surface area contributed by atoms with Crippen molar-refractivity contribution in [3.05, 3.63) is 0 Å². The molecule has 0 aromatic rings. The topological polar surface area (TPSA) is 29.5 Å². The minimum Gasteiger partial charge on any atom is -0.465 e. The van der Waals surface area contributed by atoms with Crippen molar-refractivity contribution >= 4 is 5.97 Å². The van der Waals surface area contributed by atoms with E-state index in [2.05, 4.69) is 0 Å². The number of carbonyl (C=O) groups excluding carboxylic acids is 1. The Balaban J connectivity index is 2.59. The highest BCUT2D eigenvalue weighted by molar-refractivity contribution is 5.76. The first kappa shape index (κ1) is 14.3. The monoisotopic (exact) mass is 253 g/mol. The summed E-state index contributed by atoms with van der Waals surface area (Å²) in [6, 6.07) is -1.18. The van der Waals surface area contributed by atoms with Gasteiger partial charge in [0.15, 0.2) is 0 Å². The fraction of sp³-hybridized carbons (Fsp3) is 0.909. The summed E-state index contributed by atoms with van der Waals surface area (Å²) >= 11 is 0. The van der Waals surface area contributed by atoms with Gasteiger partial charge in [-0.15, -0.1) is 0 Å². The zero-order valence-corrected chi connectivity index (χ0v) is 10.1. The van der Waals surface area contributed by atoms with E-state index < -0.39 is 30.7 Å². The lowest BCUT2D eigenvalue weighted by Crippen LogP contribution is -2.44. The minimum atomic E-state index is -4.19. The maximum atomic E-state index is 12.3. The van der Waals surface area contributed by atoms with Crippen LogP contribution in [0.4, 0.5) is 13.2 Å². The molecule has 0 amide bonds. The van der Waals surface area contributed by atoms with Crippen molar-refractivity contribution in [2.45, 2.75) is 51.4 Å². The molecule has 3 nitrogen and oxygen atoms in total. The summed E-state index contributed by atoms with van der Waals surface area (Å²) in [4.78, 5) is 13.2. The van der Waals surface area contributed by atoms with Crippen LogP contribution in [0.2, 0.25) is 0 Å². The molecule has 1 aliphatic heterocycles. The van der Waals surface area contributed by atoms with Crippen molar-refractivity contribution in [1.82, 2.24) is 4.90 Å². The number of carbonyl (C=O) groups is 1. The molecular weight excluding hydrogens is 235 g/mol. The third-order valence-corrected chi connectivity index (χ3v) is 2.95. The first-order chi connectivity index (χ1) is 7.85.